The lowest BCUT2D eigenvalue weighted by molar-refractivity contribution is -0.115. The van der Waals surface area contributed by atoms with Crippen molar-refractivity contribution >= 4 is 33.2 Å². The molecule has 0 amide bonds. The molecule has 0 fully saturated rings. The van der Waals surface area contributed by atoms with E-state index < -0.39 is 24.3 Å². The van der Waals surface area contributed by atoms with Crippen molar-refractivity contribution in [3.8, 4) is 0 Å². The molecule has 2 aromatic carbocycles. The normalized spacial score (nSPS) is 13.6. The Kier molecular flexibility index (Phi) is 3.75. The number of carbonyl (C=O) groups is 2. The number of anilines is 1. The molecule has 1 N–H and O–H groups in total. The van der Waals surface area contributed by atoms with Gasteiger partial charge in [-0.05, 0) is 12.1 Å². The lowest BCUT2D eigenvalue weighted by Crippen LogP contribution is -2.26. The van der Waals surface area contributed by atoms with Gasteiger partial charge in [-0.1, -0.05) is 40.2 Å². The molecule has 3 rings (SSSR count). The highest BCUT2D eigenvalue weighted by Gasteiger charge is 2.34. The molecular formula is C16H9BrF3NO2. The highest BCUT2D eigenvalue weighted by atomic mass is 79.9. The minimum Gasteiger partial charge on any atom is -0.376 e. The van der Waals surface area contributed by atoms with Gasteiger partial charge in [0.15, 0.2) is 11.6 Å². The molecule has 0 bridgehead atoms. The van der Waals surface area contributed by atoms with Gasteiger partial charge in [0.25, 0.3) is 0 Å². The maximum Gasteiger partial charge on any atom is 0.405 e. The van der Waals surface area contributed by atoms with E-state index >= 15 is 0 Å². The predicted molar refractivity (Wildman–Crippen MR) is 82.0 cm³/mol. The van der Waals surface area contributed by atoms with E-state index in [0.717, 1.165) is 0 Å². The highest BCUT2D eigenvalue weighted by Crippen LogP contribution is 2.36. The molecule has 2 aromatic rings. The zero-order chi connectivity index (χ0) is 16.8. The van der Waals surface area contributed by atoms with E-state index in [0.29, 0.717) is 4.47 Å². The molecule has 0 atom stereocenters. The van der Waals surface area contributed by atoms with Gasteiger partial charge >= 0.3 is 6.18 Å². The fraction of sp³-hybridized carbons (Fsp3) is 0.125. The number of hydrogen-bond donors (Lipinski definition) is 1. The first kappa shape index (κ1) is 15.7. The van der Waals surface area contributed by atoms with Crippen LogP contribution in [0, 0.1) is 0 Å². The van der Waals surface area contributed by atoms with Gasteiger partial charge in [-0.15, -0.1) is 0 Å². The molecule has 1 aliphatic rings. The first-order valence-electron chi connectivity index (χ1n) is 6.61. The third-order valence-electron chi connectivity index (χ3n) is 3.50. The summed E-state index contributed by atoms with van der Waals surface area (Å²) in [5, 5.41) is 2.20. The van der Waals surface area contributed by atoms with Gasteiger partial charge in [-0.2, -0.15) is 13.2 Å². The highest BCUT2D eigenvalue weighted by molar-refractivity contribution is 9.10. The largest absolute Gasteiger partial charge is 0.405 e. The molecule has 0 aliphatic heterocycles. The molecular weight excluding hydrogens is 375 g/mol. The van der Waals surface area contributed by atoms with Crippen molar-refractivity contribution in [1.82, 2.24) is 0 Å². The summed E-state index contributed by atoms with van der Waals surface area (Å²) >= 11 is 3.20. The summed E-state index contributed by atoms with van der Waals surface area (Å²) in [6, 6.07) is 9.07. The quantitative estimate of drug-likeness (QED) is 0.721. The molecule has 0 heterocycles. The topological polar surface area (TPSA) is 46.2 Å². The van der Waals surface area contributed by atoms with Gasteiger partial charge in [0, 0.05) is 26.9 Å². The summed E-state index contributed by atoms with van der Waals surface area (Å²) in [6.45, 7) is -1.29. The van der Waals surface area contributed by atoms with E-state index in [-0.39, 0.29) is 27.9 Å². The molecule has 0 aromatic heterocycles. The van der Waals surface area contributed by atoms with Crippen LogP contribution < -0.4 is 5.32 Å². The summed E-state index contributed by atoms with van der Waals surface area (Å²) in [5.41, 5.74) is 0.485. The minimum atomic E-state index is -4.43. The number of rotatable bonds is 2. The minimum absolute atomic E-state index is 0.00613. The number of hydrogen-bond acceptors (Lipinski definition) is 3. The van der Waals surface area contributed by atoms with E-state index in [2.05, 4.69) is 21.2 Å². The van der Waals surface area contributed by atoms with Crippen LogP contribution in [0.2, 0.25) is 0 Å². The lowest BCUT2D eigenvalue weighted by atomic mass is 9.83. The summed E-state index contributed by atoms with van der Waals surface area (Å²) in [5.74, 6) is -0.862. The third kappa shape index (κ3) is 2.76. The van der Waals surface area contributed by atoms with Gasteiger partial charge < -0.3 is 5.32 Å². The van der Waals surface area contributed by atoms with E-state index in [1.165, 1.54) is 24.3 Å². The standard InChI is InChI=1S/C16H9BrF3NO2/c17-10-5-6-11(21-7-16(18,19)20)13-12(10)14(22)8-3-1-2-4-9(8)15(13)23/h1-6,21H,7H2. The number of nitrogens with one attached hydrogen (secondary N) is 1. The molecule has 0 saturated carbocycles. The van der Waals surface area contributed by atoms with Crippen LogP contribution in [-0.4, -0.2) is 24.3 Å². The number of halogens is 4. The van der Waals surface area contributed by atoms with E-state index in [1.807, 2.05) is 0 Å². The van der Waals surface area contributed by atoms with Crippen LogP contribution in [0.25, 0.3) is 0 Å². The van der Waals surface area contributed by atoms with Gasteiger partial charge in [0.1, 0.15) is 6.54 Å². The fourth-order valence-corrected chi connectivity index (χ4v) is 3.04. The zero-order valence-corrected chi connectivity index (χ0v) is 13.1. The van der Waals surface area contributed by atoms with Gasteiger partial charge in [0.2, 0.25) is 0 Å². The second-order valence-corrected chi connectivity index (χ2v) is 5.87. The number of benzene rings is 2. The van der Waals surface area contributed by atoms with Crippen LogP contribution >= 0.6 is 15.9 Å². The van der Waals surface area contributed by atoms with Crippen LogP contribution in [0.1, 0.15) is 31.8 Å². The van der Waals surface area contributed by atoms with Crippen molar-refractivity contribution in [3.63, 3.8) is 0 Å². The summed E-state index contributed by atoms with van der Waals surface area (Å²) in [7, 11) is 0. The first-order chi connectivity index (χ1) is 10.8. The van der Waals surface area contributed by atoms with Gasteiger partial charge in [-0.3, -0.25) is 9.59 Å². The van der Waals surface area contributed by atoms with Crippen molar-refractivity contribution in [2.45, 2.75) is 6.18 Å². The number of fused-ring (bicyclic) bond motifs is 2. The lowest BCUT2D eigenvalue weighted by Gasteiger charge is -2.22. The Balaban J connectivity index is 2.15. The molecule has 0 unspecified atom stereocenters. The molecule has 0 radical (unpaired) electrons. The molecule has 1 aliphatic carbocycles. The van der Waals surface area contributed by atoms with E-state index in [4.69, 9.17) is 0 Å². The van der Waals surface area contributed by atoms with Crippen molar-refractivity contribution < 1.29 is 22.8 Å². The summed E-state index contributed by atoms with van der Waals surface area (Å²) < 4.78 is 37.7. The Hall–Kier alpha value is -2.15. The van der Waals surface area contributed by atoms with E-state index in [9.17, 15) is 22.8 Å². The van der Waals surface area contributed by atoms with Crippen LogP contribution in [0.4, 0.5) is 18.9 Å². The smallest absolute Gasteiger partial charge is 0.376 e. The Morgan fingerprint density at radius 1 is 0.913 bits per heavy atom. The van der Waals surface area contributed by atoms with Crippen molar-refractivity contribution in [1.29, 1.82) is 0 Å². The van der Waals surface area contributed by atoms with Crippen LogP contribution in [0.5, 0.6) is 0 Å². The van der Waals surface area contributed by atoms with Gasteiger partial charge in [-0.25, -0.2) is 0 Å². The molecule has 3 nitrogen and oxygen atoms in total. The van der Waals surface area contributed by atoms with Crippen LogP contribution in [0.3, 0.4) is 0 Å². The van der Waals surface area contributed by atoms with Crippen LogP contribution in [0.15, 0.2) is 40.9 Å². The third-order valence-corrected chi connectivity index (χ3v) is 4.17. The number of carbonyl (C=O) groups excluding carboxylic acids is 2. The molecule has 0 saturated heterocycles. The maximum atomic E-state index is 12.7. The second-order valence-electron chi connectivity index (χ2n) is 5.02. The van der Waals surface area contributed by atoms with Gasteiger partial charge in [0.05, 0.1) is 5.56 Å². The molecule has 118 valence electrons. The zero-order valence-electron chi connectivity index (χ0n) is 11.5. The molecule has 0 spiro atoms. The maximum absolute atomic E-state index is 12.7. The monoisotopic (exact) mass is 383 g/mol. The average molecular weight is 384 g/mol. The summed E-state index contributed by atoms with van der Waals surface area (Å²) in [6.07, 6.45) is -4.43. The second kappa shape index (κ2) is 5.49. The molecule has 7 heteroatoms. The Morgan fingerprint density at radius 2 is 1.48 bits per heavy atom. The number of ketones is 2. The van der Waals surface area contributed by atoms with E-state index in [1.54, 1.807) is 12.1 Å². The fourth-order valence-electron chi connectivity index (χ4n) is 2.53. The summed E-state index contributed by atoms with van der Waals surface area (Å²) in [4.78, 5) is 25.3. The SMILES string of the molecule is O=C1c2ccccc2C(=O)c2c(NCC(F)(F)F)ccc(Br)c21. The first-order valence-corrected chi connectivity index (χ1v) is 7.40. The number of alkyl halides is 3. The Bertz CT molecular complexity index is 831. The van der Waals surface area contributed by atoms with Crippen molar-refractivity contribution in [2.75, 3.05) is 11.9 Å². The Labute approximate surface area is 137 Å². The van der Waals surface area contributed by atoms with Crippen LogP contribution in [-0.2, 0) is 0 Å². The molecule has 23 heavy (non-hydrogen) atoms. The van der Waals surface area contributed by atoms with Crippen molar-refractivity contribution in [2.24, 2.45) is 0 Å². The van der Waals surface area contributed by atoms with Crippen molar-refractivity contribution in [3.05, 3.63) is 63.1 Å². The Morgan fingerprint density at radius 3 is 2.04 bits per heavy atom. The predicted octanol–water partition coefficient (Wildman–Crippen LogP) is 4.20. The average Bonchev–Trinajstić information content (AvgIpc) is 2.50.